The Morgan fingerprint density at radius 2 is 2.17 bits per heavy atom. The van der Waals surface area contributed by atoms with Crippen molar-refractivity contribution in [1.82, 2.24) is 10.3 Å². The number of nitrogens with zero attached hydrogens (tertiary/aromatic N) is 1. The highest BCUT2D eigenvalue weighted by Gasteiger charge is 2.29. The zero-order valence-corrected chi connectivity index (χ0v) is 13.7. The molecule has 24 heavy (non-hydrogen) atoms. The topological polar surface area (TPSA) is 88.2 Å². The van der Waals surface area contributed by atoms with Crippen LogP contribution in [0.4, 0.5) is 5.69 Å². The first-order valence-corrected chi connectivity index (χ1v) is 7.93. The third-order valence-corrected chi connectivity index (χ3v) is 4.23. The fraction of sp³-hybridized carbons (Fsp3) is 0.333. The van der Waals surface area contributed by atoms with Gasteiger partial charge in [0.1, 0.15) is 5.78 Å². The molecule has 1 aliphatic heterocycles. The maximum Gasteiger partial charge on any atom is 0.234 e. The monoisotopic (exact) mass is 325 g/mol. The molecule has 0 bridgehead atoms. The van der Waals surface area contributed by atoms with Crippen molar-refractivity contribution in [2.24, 2.45) is 0 Å². The van der Waals surface area contributed by atoms with Crippen LogP contribution in [0.15, 0.2) is 24.3 Å². The number of benzene rings is 1. The third-order valence-electron chi connectivity index (χ3n) is 4.23. The van der Waals surface area contributed by atoms with Crippen molar-refractivity contribution in [3.05, 3.63) is 35.5 Å². The second kappa shape index (κ2) is 6.39. The molecule has 1 aromatic heterocycles. The summed E-state index contributed by atoms with van der Waals surface area (Å²) in [7, 11) is 0. The number of hydrogen-bond acceptors (Lipinski definition) is 5. The molecule has 1 saturated heterocycles. The highest BCUT2D eigenvalue weighted by atomic mass is 16.2. The summed E-state index contributed by atoms with van der Waals surface area (Å²) in [6.45, 7) is 3.63. The molecule has 2 N–H and O–H groups in total. The molecule has 2 heterocycles. The van der Waals surface area contributed by atoms with Crippen LogP contribution in [0.5, 0.6) is 0 Å². The van der Waals surface area contributed by atoms with Gasteiger partial charge in [-0.15, -0.1) is 0 Å². The van der Waals surface area contributed by atoms with Gasteiger partial charge < -0.3 is 5.32 Å². The second-order valence-corrected chi connectivity index (χ2v) is 6.09. The van der Waals surface area contributed by atoms with Crippen LogP contribution >= 0.6 is 0 Å². The minimum atomic E-state index is -0.375. The fourth-order valence-electron chi connectivity index (χ4n) is 3.02. The zero-order chi connectivity index (χ0) is 17.3. The molecular weight excluding hydrogens is 306 g/mol. The maximum atomic E-state index is 12.2. The molecular formula is C18H19N3O3. The summed E-state index contributed by atoms with van der Waals surface area (Å²) in [5, 5.41) is 6.37. The van der Waals surface area contributed by atoms with E-state index in [2.05, 4.69) is 15.6 Å². The average molecular weight is 325 g/mol. The van der Waals surface area contributed by atoms with E-state index >= 15 is 0 Å². The van der Waals surface area contributed by atoms with E-state index in [9.17, 15) is 14.4 Å². The number of pyridine rings is 1. The van der Waals surface area contributed by atoms with Crippen LogP contribution in [0.1, 0.15) is 36.9 Å². The number of aromatic nitrogens is 1. The van der Waals surface area contributed by atoms with Crippen molar-refractivity contribution in [2.45, 2.75) is 32.6 Å². The summed E-state index contributed by atoms with van der Waals surface area (Å²) in [5.41, 5.74) is 3.21. The van der Waals surface area contributed by atoms with Gasteiger partial charge in [-0.3, -0.25) is 24.7 Å². The molecule has 2 amide bonds. The smallest absolute Gasteiger partial charge is 0.234 e. The number of rotatable bonds is 4. The van der Waals surface area contributed by atoms with E-state index < -0.39 is 0 Å². The van der Waals surface area contributed by atoms with Gasteiger partial charge in [0.05, 0.1) is 18.0 Å². The number of piperidine rings is 1. The molecule has 0 saturated carbocycles. The van der Waals surface area contributed by atoms with Gasteiger partial charge in [0.2, 0.25) is 11.8 Å². The van der Waals surface area contributed by atoms with Gasteiger partial charge in [-0.1, -0.05) is 6.07 Å². The van der Waals surface area contributed by atoms with Crippen molar-refractivity contribution >= 4 is 34.2 Å². The fourth-order valence-corrected chi connectivity index (χ4v) is 3.02. The Bertz CT molecular complexity index is 845. The second-order valence-electron chi connectivity index (χ2n) is 6.09. The minimum Gasteiger partial charge on any atom is -0.377 e. The molecule has 6 nitrogen and oxygen atoms in total. The van der Waals surface area contributed by atoms with E-state index in [0.717, 1.165) is 27.8 Å². The lowest BCUT2D eigenvalue weighted by molar-refractivity contribution is -0.134. The van der Waals surface area contributed by atoms with E-state index in [1.165, 1.54) is 6.92 Å². The first-order valence-electron chi connectivity index (χ1n) is 7.93. The summed E-state index contributed by atoms with van der Waals surface area (Å²) in [5.74, 6) is -0.839. The van der Waals surface area contributed by atoms with E-state index in [1.807, 2.05) is 31.2 Å². The Morgan fingerprint density at radius 3 is 2.88 bits per heavy atom. The number of ketones is 1. The molecule has 1 aromatic carbocycles. The zero-order valence-electron chi connectivity index (χ0n) is 13.7. The van der Waals surface area contributed by atoms with Gasteiger partial charge in [0.15, 0.2) is 0 Å². The van der Waals surface area contributed by atoms with Gasteiger partial charge in [-0.05, 0) is 44.0 Å². The Labute approximate surface area is 139 Å². The normalized spacial score (nSPS) is 17.7. The highest BCUT2D eigenvalue weighted by Crippen LogP contribution is 2.31. The Morgan fingerprint density at radius 1 is 1.38 bits per heavy atom. The quantitative estimate of drug-likeness (QED) is 0.840. The maximum absolute atomic E-state index is 12.2. The lowest BCUT2D eigenvalue weighted by Crippen LogP contribution is -2.39. The van der Waals surface area contributed by atoms with E-state index in [-0.39, 0.29) is 30.1 Å². The molecule has 124 valence electrons. The summed E-state index contributed by atoms with van der Waals surface area (Å²) >= 11 is 0. The number of carbonyl (C=O) groups excluding carboxylic acids is 3. The largest absolute Gasteiger partial charge is 0.377 e. The Kier molecular flexibility index (Phi) is 4.29. The van der Waals surface area contributed by atoms with Crippen LogP contribution in [-0.4, -0.2) is 29.1 Å². The number of aryl methyl sites for hydroxylation is 1. The molecule has 0 aliphatic carbocycles. The van der Waals surface area contributed by atoms with Crippen LogP contribution in [-0.2, 0) is 14.4 Å². The molecule has 2 aromatic rings. The van der Waals surface area contributed by atoms with E-state index in [1.54, 1.807) is 0 Å². The number of hydrogen-bond donors (Lipinski definition) is 2. The average Bonchev–Trinajstić information content (AvgIpc) is 2.52. The first-order chi connectivity index (χ1) is 11.5. The molecule has 3 rings (SSSR count). The van der Waals surface area contributed by atoms with Crippen molar-refractivity contribution < 1.29 is 14.4 Å². The van der Waals surface area contributed by atoms with Gasteiger partial charge in [-0.2, -0.15) is 0 Å². The van der Waals surface area contributed by atoms with Gasteiger partial charge in [0.25, 0.3) is 0 Å². The molecule has 1 aliphatic rings. The molecule has 6 heteroatoms. The predicted octanol–water partition coefficient (Wildman–Crippen LogP) is 2.06. The summed E-state index contributed by atoms with van der Waals surface area (Å²) < 4.78 is 0. The number of carbonyl (C=O) groups is 3. The Balaban J connectivity index is 2.04. The number of amides is 2. The van der Waals surface area contributed by atoms with Crippen molar-refractivity contribution in [3.8, 4) is 0 Å². The van der Waals surface area contributed by atoms with Crippen molar-refractivity contribution in [2.75, 3.05) is 11.9 Å². The molecule has 0 spiro atoms. The van der Waals surface area contributed by atoms with E-state index in [0.29, 0.717) is 12.8 Å². The standard InChI is InChI=1S/C18H19N3O3/c1-10(22)9-19-15-4-3-5-16-14(15)8-13(11(2)20-16)12-6-7-17(23)21-18(12)24/h3-5,8,12,19H,6-7,9H2,1-2H3,(H,21,23,24). The van der Waals surface area contributed by atoms with Crippen LogP contribution in [0.25, 0.3) is 10.9 Å². The number of anilines is 1. The van der Waals surface area contributed by atoms with Crippen molar-refractivity contribution in [3.63, 3.8) is 0 Å². The van der Waals surface area contributed by atoms with Gasteiger partial charge in [0, 0.05) is 23.2 Å². The highest BCUT2D eigenvalue weighted by molar-refractivity contribution is 6.02. The predicted molar refractivity (Wildman–Crippen MR) is 90.8 cm³/mol. The van der Waals surface area contributed by atoms with Crippen LogP contribution in [0, 0.1) is 6.92 Å². The summed E-state index contributed by atoms with van der Waals surface area (Å²) in [4.78, 5) is 39.4. The Hall–Kier alpha value is -2.76. The van der Waals surface area contributed by atoms with E-state index in [4.69, 9.17) is 0 Å². The first kappa shape index (κ1) is 16.1. The summed E-state index contributed by atoms with van der Waals surface area (Å²) in [6.07, 6.45) is 0.819. The number of fused-ring (bicyclic) bond motifs is 1. The number of imide groups is 1. The van der Waals surface area contributed by atoms with Crippen molar-refractivity contribution in [1.29, 1.82) is 0 Å². The summed E-state index contributed by atoms with van der Waals surface area (Å²) in [6, 6.07) is 7.61. The lowest BCUT2D eigenvalue weighted by atomic mass is 9.88. The van der Waals surface area contributed by atoms with Crippen LogP contribution < -0.4 is 10.6 Å². The number of nitrogens with one attached hydrogen (secondary N) is 2. The minimum absolute atomic E-state index is 0.0393. The van der Waals surface area contributed by atoms with Crippen LogP contribution in [0.2, 0.25) is 0 Å². The molecule has 1 fully saturated rings. The van der Waals surface area contributed by atoms with Gasteiger partial charge in [-0.25, -0.2) is 0 Å². The molecule has 0 radical (unpaired) electrons. The molecule has 1 atom stereocenters. The SMILES string of the molecule is CC(=O)CNc1cccc2nc(C)c(C3CCC(=O)NC3=O)cc12. The van der Waals surface area contributed by atoms with Gasteiger partial charge >= 0.3 is 0 Å². The van der Waals surface area contributed by atoms with Crippen LogP contribution in [0.3, 0.4) is 0 Å². The lowest BCUT2D eigenvalue weighted by Gasteiger charge is -2.23. The third kappa shape index (κ3) is 3.13. The molecule has 1 unspecified atom stereocenters. The number of Topliss-reactive ketones (excluding diaryl/α,β-unsaturated/α-hetero) is 1.